The summed E-state index contributed by atoms with van der Waals surface area (Å²) in [4.78, 5) is 11.0. The standard InChI is InChI=1S/C14H10ClFO3/c15-11-6-3-7-12(16)13(11)19-8-9-4-1-2-5-10(9)14(17)18/h1-7H,8H2,(H,17,18). The molecule has 1 N–H and O–H groups in total. The highest BCUT2D eigenvalue weighted by Gasteiger charge is 2.12. The number of carboxylic acids is 1. The van der Waals surface area contributed by atoms with Gasteiger partial charge in [-0.2, -0.15) is 0 Å². The minimum Gasteiger partial charge on any atom is -0.484 e. The van der Waals surface area contributed by atoms with Gasteiger partial charge in [0.15, 0.2) is 11.6 Å². The van der Waals surface area contributed by atoms with Gasteiger partial charge < -0.3 is 9.84 Å². The molecule has 0 aliphatic heterocycles. The SMILES string of the molecule is O=C(O)c1ccccc1COc1c(F)cccc1Cl. The van der Waals surface area contributed by atoms with E-state index in [0.29, 0.717) is 5.56 Å². The van der Waals surface area contributed by atoms with E-state index in [-0.39, 0.29) is 22.9 Å². The van der Waals surface area contributed by atoms with Crippen molar-refractivity contribution in [1.29, 1.82) is 0 Å². The molecule has 0 fully saturated rings. The zero-order valence-corrected chi connectivity index (χ0v) is 10.5. The molecule has 2 aromatic carbocycles. The van der Waals surface area contributed by atoms with Crippen molar-refractivity contribution in [2.24, 2.45) is 0 Å². The molecule has 0 atom stereocenters. The molecule has 0 unspecified atom stereocenters. The number of aromatic carboxylic acids is 1. The molecule has 98 valence electrons. The number of benzene rings is 2. The summed E-state index contributed by atoms with van der Waals surface area (Å²) in [5.74, 6) is -1.72. The fourth-order valence-electron chi connectivity index (χ4n) is 1.63. The van der Waals surface area contributed by atoms with Gasteiger partial charge in [0.25, 0.3) is 0 Å². The summed E-state index contributed by atoms with van der Waals surface area (Å²) in [5.41, 5.74) is 0.573. The lowest BCUT2D eigenvalue weighted by Gasteiger charge is -2.10. The average molecular weight is 281 g/mol. The molecular weight excluding hydrogens is 271 g/mol. The maximum atomic E-state index is 13.5. The molecule has 0 aliphatic rings. The Morgan fingerprint density at radius 3 is 2.63 bits per heavy atom. The van der Waals surface area contributed by atoms with Gasteiger partial charge in [-0.25, -0.2) is 9.18 Å². The highest BCUT2D eigenvalue weighted by molar-refractivity contribution is 6.32. The number of hydrogen-bond acceptors (Lipinski definition) is 2. The van der Waals surface area contributed by atoms with E-state index >= 15 is 0 Å². The first kappa shape index (κ1) is 13.4. The number of rotatable bonds is 4. The first-order valence-corrected chi connectivity index (χ1v) is 5.85. The van der Waals surface area contributed by atoms with Gasteiger partial charge >= 0.3 is 5.97 Å². The monoisotopic (exact) mass is 280 g/mol. The number of para-hydroxylation sites is 1. The zero-order valence-electron chi connectivity index (χ0n) is 9.77. The van der Waals surface area contributed by atoms with Gasteiger partial charge in [-0.15, -0.1) is 0 Å². The topological polar surface area (TPSA) is 46.5 Å². The predicted octanol–water partition coefficient (Wildman–Crippen LogP) is 3.76. The number of halogens is 2. The maximum absolute atomic E-state index is 13.5. The van der Waals surface area contributed by atoms with Gasteiger partial charge in [-0.1, -0.05) is 35.9 Å². The molecule has 0 radical (unpaired) electrons. The molecule has 0 aromatic heterocycles. The Hall–Kier alpha value is -2.07. The summed E-state index contributed by atoms with van der Waals surface area (Å²) >= 11 is 5.82. The highest BCUT2D eigenvalue weighted by atomic mass is 35.5. The third-order valence-corrected chi connectivity index (χ3v) is 2.84. The van der Waals surface area contributed by atoms with Crippen LogP contribution in [0.1, 0.15) is 15.9 Å². The maximum Gasteiger partial charge on any atom is 0.336 e. The van der Waals surface area contributed by atoms with Crippen LogP contribution < -0.4 is 4.74 Å². The van der Waals surface area contributed by atoms with Crippen molar-refractivity contribution in [3.63, 3.8) is 0 Å². The predicted molar refractivity (Wildman–Crippen MR) is 69.1 cm³/mol. The van der Waals surface area contributed by atoms with Crippen molar-refractivity contribution in [2.45, 2.75) is 6.61 Å². The molecule has 0 saturated carbocycles. The van der Waals surface area contributed by atoms with Gasteiger partial charge in [-0.3, -0.25) is 0 Å². The van der Waals surface area contributed by atoms with Crippen LogP contribution in [0.25, 0.3) is 0 Å². The van der Waals surface area contributed by atoms with Crippen molar-refractivity contribution in [3.8, 4) is 5.75 Å². The second-order valence-corrected chi connectivity index (χ2v) is 4.21. The number of carboxylic acid groups (broad SMARTS) is 1. The van der Waals surface area contributed by atoms with E-state index in [0.717, 1.165) is 0 Å². The van der Waals surface area contributed by atoms with E-state index in [1.807, 2.05) is 0 Å². The van der Waals surface area contributed by atoms with Crippen molar-refractivity contribution in [2.75, 3.05) is 0 Å². The Kier molecular flexibility index (Phi) is 4.02. The van der Waals surface area contributed by atoms with Crippen LogP contribution in [0.5, 0.6) is 5.75 Å². The van der Waals surface area contributed by atoms with Crippen LogP contribution in [0, 0.1) is 5.82 Å². The third kappa shape index (κ3) is 3.03. The fraction of sp³-hybridized carbons (Fsp3) is 0.0714. The van der Waals surface area contributed by atoms with Crippen molar-refractivity contribution < 1.29 is 19.0 Å². The molecule has 3 nitrogen and oxygen atoms in total. The van der Waals surface area contributed by atoms with E-state index < -0.39 is 11.8 Å². The van der Waals surface area contributed by atoms with Gasteiger partial charge in [0.1, 0.15) is 6.61 Å². The minimum atomic E-state index is -1.06. The van der Waals surface area contributed by atoms with Crippen molar-refractivity contribution >= 4 is 17.6 Å². The number of ether oxygens (including phenoxy) is 1. The minimum absolute atomic E-state index is 0.0663. The molecular formula is C14H10ClFO3. The van der Waals surface area contributed by atoms with Crippen LogP contribution >= 0.6 is 11.6 Å². The summed E-state index contributed by atoms with van der Waals surface area (Å²) in [5, 5.41) is 9.16. The summed E-state index contributed by atoms with van der Waals surface area (Å²) in [7, 11) is 0. The van der Waals surface area contributed by atoms with E-state index in [4.69, 9.17) is 21.4 Å². The van der Waals surface area contributed by atoms with E-state index in [1.165, 1.54) is 24.3 Å². The van der Waals surface area contributed by atoms with Crippen LogP contribution in [0.3, 0.4) is 0 Å². The molecule has 0 amide bonds. The Bertz CT molecular complexity index is 593. The van der Waals surface area contributed by atoms with Crippen LogP contribution in [-0.4, -0.2) is 11.1 Å². The first-order valence-electron chi connectivity index (χ1n) is 5.47. The largest absolute Gasteiger partial charge is 0.484 e. The van der Waals surface area contributed by atoms with E-state index in [9.17, 15) is 9.18 Å². The molecule has 5 heteroatoms. The molecule has 19 heavy (non-hydrogen) atoms. The average Bonchev–Trinajstić information content (AvgIpc) is 2.38. The first-order chi connectivity index (χ1) is 9.09. The van der Waals surface area contributed by atoms with Gasteiger partial charge in [0.2, 0.25) is 0 Å². The smallest absolute Gasteiger partial charge is 0.336 e. The quantitative estimate of drug-likeness (QED) is 0.927. The van der Waals surface area contributed by atoms with Crippen LogP contribution in [-0.2, 0) is 6.61 Å². The summed E-state index contributed by atoms with van der Waals surface area (Å²) in [6, 6.07) is 10.6. The summed E-state index contributed by atoms with van der Waals surface area (Å²) in [6.07, 6.45) is 0. The fourth-order valence-corrected chi connectivity index (χ4v) is 1.84. The molecule has 0 bridgehead atoms. The lowest BCUT2D eigenvalue weighted by molar-refractivity contribution is 0.0694. The normalized spacial score (nSPS) is 10.2. The lowest BCUT2D eigenvalue weighted by atomic mass is 10.1. The second kappa shape index (κ2) is 5.71. The highest BCUT2D eigenvalue weighted by Crippen LogP contribution is 2.28. The Morgan fingerprint density at radius 2 is 1.95 bits per heavy atom. The Labute approximate surface area is 114 Å². The molecule has 0 heterocycles. The lowest BCUT2D eigenvalue weighted by Crippen LogP contribution is -2.06. The summed E-state index contributed by atoms with van der Waals surface area (Å²) < 4.78 is 18.8. The molecule has 2 rings (SSSR count). The van der Waals surface area contributed by atoms with Crippen LogP contribution in [0.2, 0.25) is 5.02 Å². The molecule has 0 aliphatic carbocycles. The van der Waals surface area contributed by atoms with Crippen molar-refractivity contribution in [1.82, 2.24) is 0 Å². The van der Waals surface area contributed by atoms with Crippen molar-refractivity contribution in [3.05, 3.63) is 64.4 Å². The molecule has 0 spiro atoms. The Morgan fingerprint density at radius 1 is 1.21 bits per heavy atom. The third-order valence-electron chi connectivity index (χ3n) is 2.54. The van der Waals surface area contributed by atoms with Gasteiger partial charge in [0, 0.05) is 5.56 Å². The van der Waals surface area contributed by atoms with E-state index in [1.54, 1.807) is 18.2 Å². The van der Waals surface area contributed by atoms with Gasteiger partial charge in [-0.05, 0) is 18.2 Å². The van der Waals surface area contributed by atoms with Crippen LogP contribution in [0.4, 0.5) is 4.39 Å². The summed E-state index contributed by atoms with van der Waals surface area (Å²) in [6.45, 7) is -0.0663. The van der Waals surface area contributed by atoms with Crippen LogP contribution in [0.15, 0.2) is 42.5 Å². The molecule has 0 saturated heterocycles. The van der Waals surface area contributed by atoms with E-state index in [2.05, 4.69) is 0 Å². The Balaban J connectivity index is 2.22. The second-order valence-electron chi connectivity index (χ2n) is 3.80. The zero-order chi connectivity index (χ0) is 13.8. The molecule has 2 aromatic rings. The van der Waals surface area contributed by atoms with Gasteiger partial charge in [0.05, 0.1) is 10.6 Å². The number of carbonyl (C=O) groups is 1. The number of hydrogen-bond donors (Lipinski definition) is 1.